The number of halogens is 3. The van der Waals surface area contributed by atoms with Crippen molar-refractivity contribution in [2.45, 2.75) is 12.7 Å². The number of nitrogens with zero attached hydrogens (tertiary/aromatic N) is 6. The summed E-state index contributed by atoms with van der Waals surface area (Å²) in [5.74, 6) is 0.623. The minimum atomic E-state index is -4.37. The van der Waals surface area contributed by atoms with Crippen LogP contribution in [0.5, 0.6) is 0 Å². The summed E-state index contributed by atoms with van der Waals surface area (Å²) in [6.45, 7) is 5.94. The largest absolute Gasteiger partial charge is 0.416 e. The van der Waals surface area contributed by atoms with E-state index in [1.54, 1.807) is 23.2 Å². The molecule has 2 aliphatic heterocycles. The van der Waals surface area contributed by atoms with Crippen molar-refractivity contribution in [3.63, 3.8) is 0 Å². The molecular formula is C22H30F3N7OS. The van der Waals surface area contributed by atoms with Crippen molar-refractivity contribution in [1.82, 2.24) is 24.5 Å². The number of carbonyl (C=O) groups is 1. The van der Waals surface area contributed by atoms with Crippen molar-refractivity contribution in [2.24, 2.45) is 0 Å². The first kappa shape index (κ1) is 24.7. The van der Waals surface area contributed by atoms with E-state index in [1.165, 1.54) is 28.8 Å². The number of anilines is 2. The molecule has 186 valence electrons. The Bertz CT molecular complexity index is 983. The van der Waals surface area contributed by atoms with E-state index in [-0.39, 0.29) is 6.03 Å². The minimum absolute atomic E-state index is 0.179. The van der Waals surface area contributed by atoms with E-state index in [0.717, 1.165) is 18.7 Å². The average Bonchev–Trinajstić information content (AvgIpc) is 3.28. The topological polar surface area (TPSA) is 59.9 Å². The molecule has 2 fully saturated rings. The second-order valence-electron chi connectivity index (χ2n) is 8.63. The first-order valence-corrected chi connectivity index (χ1v) is 12.5. The summed E-state index contributed by atoms with van der Waals surface area (Å²) in [4.78, 5) is 20.9. The third-order valence-corrected chi connectivity index (χ3v) is 6.70. The molecule has 12 heteroatoms. The summed E-state index contributed by atoms with van der Waals surface area (Å²) in [6.07, 6.45) is -0.854. The van der Waals surface area contributed by atoms with Crippen molar-refractivity contribution in [2.75, 3.05) is 75.3 Å². The van der Waals surface area contributed by atoms with Crippen LogP contribution in [0.4, 0.5) is 29.5 Å². The van der Waals surface area contributed by atoms with Gasteiger partial charge in [-0.05, 0) is 24.7 Å². The van der Waals surface area contributed by atoms with E-state index in [0.29, 0.717) is 57.3 Å². The molecule has 2 aromatic rings. The lowest BCUT2D eigenvalue weighted by molar-refractivity contribution is -0.137. The Labute approximate surface area is 201 Å². The molecule has 1 aromatic heterocycles. The SMILES string of the molecule is CSNc1ccn(C(=O)N2CCN(Cc3ccc(C(F)(F)F)cc3N3CCN(C)CC3)CC2)n1. The van der Waals surface area contributed by atoms with E-state index in [2.05, 4.69) is 24.5 Å². The predicted octanol–water partition coefficient (Wildman–Crippen LogP) is 3.13. The smallest absolute Gasteiger partial charge is 0.369 e. The molecule has 2 saturated heterocycles. The number of benzene rings is 1. The van der Waals surface area contributed by atoms with Crippen LogP contribution in [0.1, 0.15) is 11.1 Å². The zero-order valence-electron chi connectivity index (χ0n) is 19.4. The summed E-state index contributed by atoms with van der Waals surface area (Å²) in [7, 11) is 2.02. The molecule has 1 amide bonds. The van der Waals surface area contributed by atoms with Gasteiger partial charge in [-0.15, -0.1) is 5.10 Å². The van der Waals surface area contributed by atoms with Crippen LogP contribution >= 0.6 is 11.9 Å². The van der Waals surface area contributed by atoms with Gasteiger partial charge in [0.15, 0.2) is 5.82 Å². The number of amides is 1. The number of nitrogens with one attached hydrogen (secondary N) is 1. The Morgan fingerprint density at radius 2 is 1.76 bits per heavy atom. The van der Waals surface area contributed by atoms with E-state index in [1.807, 2.05) is 13.3 Å². The van der Waals surface area contributed by atoms with Gasteiger partial charge in [-0.3, -0.25) is 4.90 Å². The van der Waals surface area contributed by atoms with E-state index < -0.39 is 11.7 Å². The fourth-order valence-corrected chi connectivity index (χ4v) is 4.61. The number of hydrogen-bond acceptors (Lipinski definition) is 7. The maximum atomic E-state index is 13.4. The van der Waals surface area contributed by atoms with Gasteiger partial charge < -0.3 is 19.4 Å². The van der Waals surface area contributed by atoms with Gasteiger partial charge in [0.2, 0.25) is 0 Å². The molecule has 0 atom stereocenters. The van der Waals surface area contributed by atoms with Crippen LogP contribution < -0.4 is 9.62 Å². The molecular weight excluding hydrogens is 467 g/mol. The van der Waals surface area contributed by atoms with Gasteiger partial charge in [0.1, 0.15) is 0 Å². The fraction of sp³-hybridized carbons (Fsp3) is 0.545. The van der Waals surface area contributed by atoms with E-state index in [9.17, 15) is 18.0 Å². The Morgan fingerprint density at radius 3 is 2.41 bits per heavy atom. The number of aromatic nitrogens is 2. The zero-order valence-corrected chi connectivity index (χ0v) is 20.2. The summed E-state index contributed by atoms with van der Waals surface area (Å²) in [6, 6.07) is 5.64. The number of alkyl halides is 3. The van der Waals surface area contributed by atoms with Crippen LogP contribution in [0.2, 0.25) is 0 Å². The summed E-state index contributed by atoms with van der Waals surface area (Å²) in [5.41, 5.74) is 0.930. The molecule has 8 nitrogen and oxygen atoms in total. The lowest BCUT2D eigenvalue weighted by atomic mass is 10.1. The lowest BCUT2D eigenvalue weighted by Gasteiger charge is -2.37. The highest BCUT2D eigenvalue weighted by molar-refractivity contribution is 7.99. The number of carbonyl (C=O) groups excluding carboxylic acids is 1. The molecule has 2 aliphatic rings. The number of piperazine rings is 2. The first-order chi connectivity index (χ1) is 16.2. The first-order valence-electron chi connectivity index (χ1n) is 11.2. The van der Waals surface area contributed by atoms with Crippen LogP contribution in [-0.2, 0) is 12.7 Å². The maximum absolute atomic E-state index is 13.4. The molecule has 0 bridgehead atoms. The maximum Gasteiger partial charge on any atom is 0.416 e. The summed E-state index contributed by atoms with van der Waals surface area (Å²) >= 11 is 1.40. The summed E-state index contributed by atoms with van der Waals surface area (Å²) < 4.78 is 44.5. The van der Waals surface area contributed by atoms with Crippen molar-refractivity contribution in [3.05, 3.63) is 41.6 Å². The predicted molar refractivity (Wildman–Crippen MR) is 128 cm³/mol. The standard InChI is InChI=1S/C22H30F3N7OS/c1-28-7-11-30(12-8-28)19-15-18(22(23,24)25)4-3-17(19)16-29-9-13-31(14-10-29)21(33)32-6-5-20(26-32)27-34-2/h3-6,15H,7-14,16H2,1-2H3,(H,26,27). The Balaban J connectivity index is 1.42. The van der Waals surface area contributed by atoms with Gasteiger partial charge >= 0.3 is 12.2 Å². The summed E-state index contributed by atoms with van der Waals surface area (Å²) in [5, 5.41) is 4.24. The van der Waals surface area contributed by atoms with Gasteiger partial charge in [-0.2, -0.15) is 17.9 Å². The van der Waals surface area contributed by atoms with Crippen molar-refractivity contribution in [3.8, 4) is 0 Å². The van der Waals surface area contributed by atoms with Crippen LogP contribution in [0.3, 0.4) is 0 Å². The van der Waals surface area contributed by atoms with E-state index in [4.69, 9.17) is 0 Å². The Hall–Kier alpha value is -2.44. The third-order valence-electron chi connectivity index (χ3n) is 6.29. The van der Waals surface area contributed by atoms with Gasteiger partial charge in [0.25, 0.3) is 0 Å². The second-order valence-corrected chi connectivity index (χ2v) is 9.24. The van der Waals surface area contributed by atoms with Crippen molar-refractivity contribution in [1.29, 1.82) is 0 Å². The molecule has 34 heavy (non-hydrogen) atoms. The highest BCUT2D eigenvalue weighted by Crippen LogP contribution is 2.34. The van der Waals surface area contributed by atoms with Crippen LogP contribution in [0.15, 0.2) is 30.5 Å². The lowest BCUT2D eigenvalue weighted by Crippen LogP contribution is -2.50. The number of likely N-dealkylation sites (N-methyl/N-ethyl adjacent to an activating group) is 1. The molecule has 0 radical (unpaired) electrons. The van der Waals surface area contributed by atoms with Gasteiger partial charge in [-0.1, -0.05) is 18.0 Å². The fourth-order valence-electron chi connectivity index (χ4n) is 4.29. The van der Waals surface area contributed by atoms with Crippen molar-refractivity contribution >= 4 is 29.5 Å². The average molecular weight is 498 g/mol. The zero-order chi connectivity index (χ0) is 24.3. The normalized spacial score (nSPS) is 18.4. The van der Waals surface area contributed by atoms with Crippen molar-refractivity contribution < 1.29 is 18.0 Å². The molecule has 3 heterocycles. The molecule has 0 spiro atoms. The van der Waals surface area contributed by atoms with Crippen LogP contribution in [-0.4, -0.2) is 96.2 Å². The number of hydrogen-bond donors (Lipinski definition) is 1. The monoisotopic (exact) mass is 497 g/mol. The molecule has 0 unspecified atom stereocenters. The molecule has 1 N–H and O–H groups in total. The Kier molecular flexibility index (Phi) is 7.58. The second kappa shape index (κ2) is 10.4. The highest BCUT2D eigenvalue weighted by Gasteiger charge is 2.32. The van der Waals surface area contributed by atoms with Crippen LogP contribution in [0, 0.1) is 0 Å². The van der Waals surface area contributed by atoms with Gasteiger partial charge in [0.05, 0.1) is 5.56 Å². The molecule has 1 aromatic carbocycles. The van der Waals surface area contributed by atoms with Gasteiger partial charge in [0, 0.05) is 83.1 Å². The van der Waals surface area contributed by atoms with E-state index >= 15 is 0 Å². The Morgan fingerprint density at radius 1 is 1.06 bits per heavy atom. The third kappa shape index (κ3) is 5.78. The van der Waals surface area contributed by atoms with Crippen LogP contribution in [0.25, 0.3) is 0 Å². The molecule has 0 saturated carbocycles. The molecule has 0 aliphatic carbocycles. The number of rotatable bonds is 5. The van der Waals surface area contributed by atoms with Gasteiger partial charge in [-0.25, -0.2) is 4.79 Å². The molecule has 4 rings (SSSR count). The quantitative estimate of drug-likeness (QED) is 0.637. The highest BCUT2D eigenvalue weighted by atomic mass is 32.2. The minimum Gasteiger partial charge on any atom is -0.369 e.